The summed E-state index contributed by atoms with van der Waals surface area (Å²) in [4.78, 5) is 15.2. The summed E-state index contributed by atoms with van der Waals surface area (Å²) in [6.45, 7) is 0. The van der Waals surface area contributed by atoms with Crippen molar-refractivity contribution in [2.75, 3.05) is 0 Å². The number of nitrogens with zero attached hydrogens (tertiary/aromatic N) is 3. The second-order valence-electron chi connectivity index (χ2n) is 12.8. The van der Waals surface area contributed by atoms with Gasteiger partial charge >= 0.3 is 0 Å². The molecule has 0 unspecified atom stereocenters. The minimum Gasteiger partial charge on any atom is -0.455 e. The average Bonchev–Trinajstić information content (AvgIpc) is 3.61. The third kappa shape index (κ3) is 5.04. The van der Waals surface area contributed by atoms with Crippen molar-refractivity contribution < 1.29 is 4.42 Å². The van der Waals surface area contributed by atoms with Gasteiger partial charge in [-0.1, -0.05) is 158 Å². The SMILES string of the molecule is c1ccc(-c2cc(-c3ccc(-c4ccc(-c5nc6ccc7ccccc7c6c6oc7ccccc7c56)cc4)cc3)nc(-c3ccccc3)n2)cc1. The molecular formula is C47H29N3O. The summed E-state index contributed by atoms with van der Waals surface area (Å²) in [5.41, 5.74) is 11.8. The third-order valence-corrected chi connectivity index (χ3v) is 9.70. The van der Waals surface area contributed by atoms with Crippen molar-refractivity contribution in [2.45, 2.75) is 0 Å². The molecule has 10 rings (SSSR count). The standard InChI is InChI=1S/C47H29N3O/c1-3-12-33(13-4-1)40-29-41(50-47(49-40)36-14-5-2-6-15-36)34-23-19-30(20-24-34)31-21-25-35(26-22-31)45-44-38-17-9-10-18-42(38)51-46(44)43-37-16-8-7-11-32(37)27-28-39(43)48-45/h1-29H. The third-order valence-electron chi connectivity index (χ3n) is 9.70. The first-order valence-electron chi connectivity index (χ1n) is 17.1. The number of pyridine rings is 1. The van der Waals surface area contributed by atoms with Crippen LogP contribution < -0.4 is 0 Å². The molecule has 0 aliphatic carbocycles. The zero-order valence-corrected chi connectivity index (χ0v) is 27.5. The highest BCUT2D eigenvalue weighted by molar-refractivity contribution is 6.25. The van der Waals surface area contributed by atoms with Crippen LogP contribution >= 0.6 is 0 Å². The van der Waals surface area contributed by atoms with E-state index >= 15 is 0 Å². The summed E-state index contributed by atoms with van der Waals surface area (Å²) in [5, 5.41) is 5.48. The van der Waals surface area contributed by atoms with E-state index in [1.54, 1.807) is 0 Å². The Morgan fingerprint density at radius 3 is 1.63 bits per heavy atom. The van der Waals surface area contributed by atoms with E-state index in [0.29, 0.717) is 5.82 Å². The molecule has 0 aliphatic rings. The highest BCUT2D eigenvalue weighted by atomic mass is 16.3. The number of hydrogen-bond donors (Lipinski definition) is 0. The van der Waals surface area contributed by atoms with E-state index in [4.69, 9.17) is 19.4 Å². The van der Waals surface area contributed by atoms with Crippen LogP contribution in [0, 0.1) is 0 Å². The quantitative estimate of drug-likeness (QED) is 0.174. The lowest BCUT2D eigenvalue weighted by Crippen LogP contribution is -1.95. The van der Waals surface area contributed by atoms with Crippen LogP contribution in [0.5, 0.6) is 0 Å². The van der Waals surface area contributed by atoms with Crippen molar-refractivity contribution >= 4 is 43.6 Å². The second kappa shape index (κ2) is 11.9. The minimum absolute atomic E-state index is 0.710. The molecule has 51 heavy (non-hydrogen) atoms. The highest BCUT2D eigenvalue weighted by Gasteiger charge is 2.19. The Bertz CT molecular complexity index is 2820. The summed E-state index contributed by atoms with van der Waals surface area (Å²) in [6.07, 6.45) is 0. The molecule has 0 radical (unpaired) electrons. The normalized spacial score (nSPS) is 11.5. The molecule has 0 fully saturated rings. The molecule has 0 bridgehead atoms. The molecule has 4 heteroatoms. The number of benzene rings is 7. The molecule has 0 saturated heterocycles. The van der Waals surface area contributed by atoms with Gasteiger partial charge < -0.3 is 4.42 Å². The molecule has 0 atom stereocenters. The van der Waals surface area contributed by atoms with Gasteiger partial charge in [0.15, 0.2) is 5.82 Å². The van der Waals surface area contributed by atoms with Crippen LogP contribution in [-0.2, 0) is 0 Å². The average molecular weight is 652 g/mol. The predicted octanol–water partition coefficient (Wildman–Crippen LogP) is 12.4. The van der Waals surface area contributed by atoms with Gasteiger partial charge in [0.25, 0.3) is 0 Å². The van der Waals surface area contributed by atoms with Crippen LogP contribution in [0.2, 0.25) is 0 Å². The van der Waals surface area contributed by atoms with Gasteiger partial charge in [0, 0.05) is 27.6 Å². The van der Waals surface area contributed by atoms with Gasteiger partial charge in [0.1, 0.15) is 11.2 Å². The molecule has 10 aromatic rings. The van der Waals surface area contributed by atoms with Gasteiger partial charge in [-0.15, -0.1) is 0 Å². The van der Waals surface area contributed by atoms with Crippen molar-refractivity contribution in [3.05, 3.63) is 176 Å². The van der Waals surface area contributed by atoms with E-state index in [2.05, 4.69) is 127 Å². The lowest BCUT2D eigenvalue weighted by molar-refractivity contribution is 0.673. The first kappa shape index (κ1) is 29.0. The first-order chi connectivity index (χ1) is 25.3. The topological polar surface area (TPSA) is 51.8 Å². The Kier molecular flexibility index (Phi) is 6.78. The maximum absolute atomic E-state index is 6.59. The van der Waals surface area contributed by atoms with E-state index in [9.17, 15) is 0 Å². The van der Waals surface area contributed by atoms with E-state index in [1.807, 2.05) is 48.5 Å². The van der Waals surface area contributed by atoms with Gasteiger partial charge in [-0.25, -0.2) is 15.0 Å². The van der Waals surface area contributed by atoms with Gasteiger partial charge in [-0.2, -0.15) is 0 Å². The van der Waals surface area contributed by atoms with Gasteiger partial charge in [0.05, 0.1) is 33.4 Å². The molecule has 0 aliphatic heterocycles. The van der Waals surface area contributed by atoms with Crippen LogP contribution in [0.25, 0.3) is 99.9 Å². The number of hydrogen-bond acceptors (Lipinski definition) is 4. The smallest absolute Gasteiger partial charge is 0.160 e. The van der Waals surface area contributed by atoms with Crippen LogP contribution in [-0.4, -0.2) is 15.0 Å². The molecule has 4 nitrogen and oxygen atoms in total. The van der Waals surface area contributed by atoms with E-state index in [0.717, 1.165) is 88.7 Å². The maximum atomic E-state index is 6.59. The van der Waals surface area contributed by atoms with E-state index < -0.39 is 0 Å². The fraction of sp³-hybridized carbons (Fsp3) is 0. The maximum Gasteiger partial charge on any atom is 0.160 e. The van der Waals surface area contributed by atoms with Crippen LogP contribution in [0.4, 0.5) is 0 Å². The molecular weight excluding hydrogens is 623 g/mol. The zero-order valence-electron chi connectivity index (χ0n) is 27.5. The largest absolute Gasteiger partial charge is 0.455 e. The fourth-order valence-corrected chi connectivity index (χ4v) is 7.16. The van der Waals surface area contributed by atoms with Crippen LogP contribution in [0.1, 0.15) is 0 Å². The molecule has 0 spiro atoms. The van der Waals surface area contributed by atoms with E-state index in [-0.39, 0.29) is 0 Å². The van der Waals surface area contributed by atoms with Crippen molar-refractivity contribution in [2.24, 2.45) is 0 Å². The second-order valence-corrected chi connectivity index (χ2v) is 12.8. The minimum atomic E-state index is 0.710. The van der Waals surface area contributed by atoms with E-state index in [1.165, 1.54) is 5.39 Å². The Morgan fingerprint density at radius 2 is 0.922 bits per heavy atom. The molecule has 3 heterocycles. The summed E-state index contributed by atoms with van der Waals surface area (Å²) >= 11 is 0. The van der Waals surface area contributed by atoms with Gasteiger partial charge in [-0.05, 0) is 40.1 Å². The van der Waals surface area contributed by atoms with Gasteiger partial charge in [0.2, 0.25) is 0 Å². The molecule has 0 N–H and O–H groups in total. The molecule has 0 amide bonds. The highest BCUT2D eigenvalue weighted by Crippen LogP contribution is 2.42. The van der Waals surface area contributed by atoms with Gasteiger partial charge in [-0.3, -0.25) is 0 Å². The zero-order chi connectivity index (χ0) is 33.7. The lowest BCUT2D eigenvalue weighted by atomic mass is 9.97. The Balaban J connectivity index is 1.04. The van der Waals surface area contributed by atoms with Crippen molar-refractivity contribution in [3.8, 4) is 56.3 Å². The number of furan rings is 1. The fourth-order valence-electron chi connectivity index (χ4n) is 7.16. The number of aromatic nitrogens is 3. The first-order valence-corrected chi connectivity index (χ1v) is 17.1. The number of rotatable bonds is 5. The van der Waals surface area contributed by atoms with Crippen molar-refractivity contribution in [3.63, 3.8) is 0 Å². The predicted molar refractivity (Wildman–Crippen MR) is 209 cm³/mol. The Labute approximate surface area is 294 Å². The van der Waals surface area contributed by atoms with Crippen molar-refractivity contribution in [1.82, 2.24) is 15.0 Å². The summed E-state index contributed by atoms with van der Waals surface area (Å²) < 4.78 is 6.59. The van der Waals surface area contributed by atoms with Crippen LogP contribution in [0.15, 0.2) is 180 Å². The number of fused-ring (bicyclic) bond motifs is 7. The Hall–Kier alpha value is -6.91. The molecule has 7 aromatic carbocycles. The van der Waals surface area contributed by atoms with Crippen molar-refractivity contribution in [1.29, 1.82) is 0 Å². The lowest BCUT2D eigenvalue weighted by Gasteiger charge is -2.11. The summed E-state index contributed by atoms with van der Waals surface area (Å²) in [5.74, 6) is 0.710. The monoisotopic (exact) mass is 651 g/mol. The number of para-hydroxylation sites is 1. The van der Waals surface area contributed by atoms with Crippen LogP contribution in [0.3, 0.4) is 0 Å². The summed E-state index contributed by atoms with van der Waals surface area (Å²) in [6, 6.07) is 60.7. The molecule has 3 aromatic heterocycles. The Morgan fingerprint density at radius 1 is 0.373 bits per heavy atom. The summed E-state index contributed by atoms with van der Waals surface area (Å²) in [7, 11) is 0. The molecule has 238 valence electrons. The molecule has 0 saturated carbocycles.